The zero-order chi connectivity index (χ0) is 10.3. The minimum Gasteiger partial charge on any atom is -0.507 e. The van der Waals surface area contributed by atoms with Gasteiger partial charge in [0.2, 0.25) is 0 Å². The summed E-state index contributed by atoms with van der Waals surface area (Å²) in [6.45, 7) is 0. The van der Waals surface area contributed by atoms with Crippen LogP contribution in [0.15, 0.2) is 17.5 Å². The van der Waals surface area contributed by atoms with E-state index in [1.165, 1.54) is 11.3 Å². The van der Waals surface area contributed by atoms with Gasteiger partial charge in [-0.05, 0) is 45.5 Å². The topological polar surface area (TPSA) is 60.7 Å². The molecule has 2 aromatic rings. The predicted octanol–water partition coefficient (Wildman–Crippen LogP) is 0.891. The molecule has 0 saturated carbocycles. The van der Waals surface area contributed by atoms with E-state index < -0.39 is 7.12 Å². The lowest BCUT2D eigenvalue weighted by molar-refractivity contribution is 0.420. The molecule has 0 atom stereocenters. The first-order valence-corrected chi connectivity index (χ1v) is 5.82. The second-order valence-electron chi connectivity index (χ2n) is 2.83. The molecule has 0 aliphatic carbocycles. The van der Waals surface area contributed by atoms with E-state index in [1.54, 1.807) is 6.07 Å². The molecule has 0 radical (unpaired) electrons. The van der Waals surface area contributed by atoms with E-state index in [-0.39, 0.29) is 11.2 Å². The smallest absolute Gasteiger partial charge is 0.492 e. The standard InChI is InChI=1S/C8H6BIO3S/c10-5-3-6-4(1-2-14-6)7(8(5)11)9(12)13/h1-3,11-13H. The van der Waals surface area contributed by atoms with Gasteiger partial charge < -0.3 is 15.2 Å². The zero-order valence-corrected chi connectivity index (χ0v) is 9.91. The van der Waals surface area contributed by atoms with Crippen LogP contribution < -0.4 is 5.46 Å². The summed E-state index contributed by atoms with van der Waals surface area (Å²) >= 11 is 3.47. The van der Waals surface area contributed by atoms with Gasteiger partial charge in [-0.3, -0.25) is 0 Å². The van der Waals surface area contributed by atoms with Crippen molar-refractivity contribution < 1.29 is 15.2 Å². The van der Waals surface area contributed by atoms with Gasteiger partial charge in [0, 0.05) is 10.2 Å². The molecule has 2 rings (SSSR count). The van der Waals surface area contributed by atoms with E-state index in [4.69, 9.17) is 10.0 Å². The van der Waals surface area contributed by atoms with E-state index in [0.717, 1.165) is 4.70 Å². The Kier molecular flexibility index (Phi) is 2.69. The summed E-state index contributed by atoms with van der Waals surface area (Å²) in [4.78, 5) is 0. The SMILES string of the molecule is OB(O)c1c(O)c(I)cc2sccc12. The third-order valence-corrected chi connectivity index (χ3v) is 3.67. The second kappa shape index (κ2) is 3.69. The van der Waals surface area contributed by atoms with Gasteiger partial charge in [0.05, 0.1) is 3.57 Å². The van der Waals surface area contributed by atoms with E-state index in [0.29, 0.717) is 8.96 Å². The number of thiophene rings is 1. The lowest BCUT2D eigenvalue weighted by atomic mass is 9.77. The van der Waals surface area contributed by atoms with Crippen LogP contribution in [0.2, 0.25) is 0 Å². The number of phenols is 1. The molecule has 0 amide bonds. The summed E-state index contributed by atoms with van der Waals surface area (Å²) in [5.41, 5.74) is 0.188. The van der Waals surface area contributed by atoms with Crippen molar-refractivity contribution in [2.45, 2.75) is 0 Å². The molecule has 0 unspecified atom stereocenters. The summed E-state index contributed by atoms with van der Waals surface area (Å²) in [7, 11) is -1.64. The van der Waals surface area contributed by atoms with Gasteiger partial charge in [0.25, 0.3) is 0 Å². The number of rotatable bonds is 1. The lowest BCUT2D eigenvalue weighted by Crippen LogP contribution is -2.31. The molecule has 1 heterocycles. The van der Waals surface area contributed by atoms with Crippen LogP contribution in [0.5, 0.6) is 5.75 Å². The first-order valence-electron chi connectivity index (χ1n) is 3.86. The molecule has 14 heavy (non-hydrogen) atoms. The van der Waals surface area contributed by atoms with Crippen LogP contribution in [-0.4, -0.2) is 22.3 Å². The number of hydrogen-bond acceptors (Lipinski definition) is 4. The maximum Gasteiger partial charge on any atom is 0.492 e. The van der Waals surface area contributed by atoms with Crippen molar-refractivity contribution in [2.75, 3.05) is 0 Å². The third-order valence-electron chi connectivity index (χ3n) is 1.98. The summed E-state index contributed by atoms with van der Waals surface area (Å²) in [5.74, 6) is -0.0495. The molecular weight excluding hydrogens is 314 g/mol. The zero-order valence-electron chi connectivity index (χ0n) is 6.94. The van der Waals surface area contributed by atoms with Crippen molar-refractivity contribution in [3.63, 3.8) is 0 Å². The molecule has 6 heteroatoms. The molecule has 0 spiro atoms. The van der Waals surface area contributed by atoms with E-state index in [2.05, 4.69) is 0 Å². The number of hydrogen-bond donors (Lipinski definition) is 3. The maximum absolute atomic E-state index is 9.66. The highest BCUT2D eigenvalue weighted by Gasteiger charge is 2.22. The Bertz CT molecular complexity index is 483. The molecule has 0 aliphatic rings. The van der Waals surface area contributed by atoms with Gasteiger partial charge in [0.1, 0.15) is 5.75 Å². The minimum atomic E-state index is -1.64. The molecule has 0 bridgehead atoms. The molecule has 72 valence electrons. The van der Waals surface area contributed by atoms with Crippen LogP contribution in [0, 0.1) is 3.57 Å². The third kappa shape index (κ3) is 1.52. The Hall–Kier alpha value is -0.305. The van der Waals surface area contributed by atoms with Crippen molar-refractivity contribution in [2.24, 2.45) is 0 Å². The van der Waals surface area contributed by atoms with Crippen LogP contribution >= 0.6 is 33.9 Å². The van der Waals surface area contributed by atoms with Crippen LogP contribution in [0.25, 0.3) is 10.1 Å². The molecule has 1 aromatic carbocycles. The fourth-order valence-electron chi connectivity index (χ4n) is 1.36. The average Bonchev–Trinajstić information content (AvgIpc) is 2.52. The van der Waals surface area contributed by atoms with E-state index in [1.807, 2.05) is 34.0 Å². The Morgan fingerprint density at radius 3 is 2.71 bits per heavy atom. The van der Waals surface area contributed by atoms with Gasteiger partial charge >= 0.3 is 7.12 Å². The van der Waals surface area contributed by atoms with Crippen LogP contribution in [0.3, 0.4) is 0 Å². The summed E-state index contributed by atoms with van der Waals surface area (Å²) < 4.78 is 1.57. The maximum atomic E-state index is 9.66. The normalized spacial score (nSPS) is 10.8. The summed E-state index contributed by atoms with van der Waals surface area (Å²) in [6, 6.07) is 3.59. The predicted molar refractivity (Wildman–Crippen MR) is 66.0 cm³/mol. The van der Waals surface area contributed by atoms with Crippen LogP contribution in [0.4, 0.5) is 0 Å². The highest BCUT2D eigenvalue weighted by atomic mass is 127. The van der Waals surface area contributed by atoms with E-state index in [9.17, 15) is 5.11 Å². The van der Waals surface area contributed by atoms with Crippen molar-refractivity contribution >= 4 is 56.6 Å². The molecule has 0 fully saturated rings. The quantitative estimate of drug-likeness (QED) is 0.540. The van der Waals surface area contributed by atoms with E-state index >= 15 is 0 Å². The molecule has 3 N–H and O–H groups in total. The largest absolute Gasteiger partial charge is 0.507 e. The first-order chi connectivity index (χ1) is 6.61. The highest BCUT2D eigenvalue weighted by Crippen LogP contribution is 2.27. The lowest BCUT2D eigenvalue weighted by Gasteiger charge is -2.06. The number of aromatic hydroxyl groups is 1. The van der Waals surface area contributed by atoms with Crippen molar-refractivity contribution in [1.82, 2.24) is 0 Å². The Morgan fingerprint density at radius 1 is 1.36 bits per heavy atom. The van der Waals surface area contributed by atoms with Gasteiger partial charge in [0.15, 0.2) is 0 Å². The Labute approximate surface area is 98.3 Å². The number of phenolic OH excluding ortho intramolecular Hbond substituents is 1. The first kappa shape index (κ1) is 10.2. The monoisotopic (exact) mass is 320 g/mol. The number of benzene rings is 1. The number of halogens is 1. The molecule has 1 aromatic heterocycles. The van der Waals surface area contributed by atoms with Crippen molar-refractivity contribution in [3.8, 4) is 5.75 Å². The second-order valence-corrected chi connectivity index (χ2v) is 4.94. The Morgan fingerprint density at radius 2 is 2.07 bits per heavy atom. The van der Waals surface area contributed by atoms with Gasteiger partial charge in [-0.15, -0.1) is 11.3 Å². The van der Waals surface area contributed by atoms with Crippen LogP contribution in [-0.2, 0) is 0 Å². The Balaban J connectivity index is 2.86. The van der Waals surface area contributed by atoms with Gasteiger partial charge in [-0.2, -0.15) is 0 Å². The van der Waals surface area contributed by atoms with Gasteiger partial charge in [-0.1, -0.05) is 0 Å². The highest BCUT2D eigenvalue weighted by molar-refractivity contribution is 14.1. The van der Waals surface area contributed by atoms with Crippen molar-refractivity contribution in [3.05, 3.63) is 21.1 Å². The van der Waals surface area contributed by atoms with Crippen molar-refractivity contribution in [1.29, 1.82) is 0 Å². The average molecular weight is 320 g/mol. The minimum absolute atomic E-state index is 0.0495. The summed E-state index contributed by atoms with van der Waals surface area (Å²) in [5, 5.41) is 30.5. The van der Waals surface area contributed by atoms with Crippen LogP contribution in [0.1, 0.15) is 0 Å². The molecule has 3 nitrogen and oxygen atoms in total. The fourth-order valence-corrected chi connectivity index (χ4v) is 3.01. The summed E-state index contributed by atoms with van der Waals surface area (Å²) in [6.07, 6.45) is 0. The van der Waals surface area contributed by atoms with Gasteiger partial charge in [-0.25, -0.2) is 0 Å². The number of fused-ring (bicyclic) bond motifs is 1. The fraction of sp³-hybridized carbons (Fsp3) is 0. The molecular formula is C8H6BIO3S. The molecule has 0 aliphatic heterocycles. The molecule has 0 saturated heterocycles.